The summed E-state index contributed by atoms with van der Waals surface area (Å²) >= 11 is 21.8. The summed E-state index contributed by atoms with van der Waals surface area (Å²) in [6.07, 6.45) is 0. The van der Waals surface area contributed by atoms with Crippen LogP contribution in [0.5, 0.6) is 5.75 Å². The number of nitrogens with one attached hydrogen (secondary N) is 1. The lowest BCUT2D eigenvalue weighted by molar-refractivity contribution is 0.302. The third-order valence-corrected chi connectivity index (χ3v) is 4.59. The van der Waals surface area contributed by atoms with E-state index in [1.54, 1.807) is 12.1 Å². The second-order valence-electron chi connectivity index (χ2n) is 4.39. The maximum Gasteiger partial charge on any atom is 0.124 e. The molecule has 6 heteroatoms. The van der Waals surface area contributed by atoms with Crippen LogP contribution < -0.4 is 10.1 Å². The lowest BCUT2D eigenvalue weighted by atomic mass is 10.2. The first-order chi connectivity index (χ1) is 10.0. The van der Waals surface area contributed by atoms with Gasteiger partial charge in [0.15, 0.2) is 0 Å². The summed E-state index contributed by atoms with van der Waals surface area (Å²) in [4.78, 5) is 0. The Labute approximate surface area is 147 Å². The van der Waals surface area contributed by atoms with Crippen molar-refractivity contribution in [2.45, 2.75) is 13.2 Å². The van der Waals surface area contributed by atoms with Gasteiger partial charge >= 0.3 is 0 Å². The highest BCUT2D eigenvalue weighted by Gasteiger charge is 2.12. The van der Waals surface area contributed by atoms with E-state index in [0.29, 0.717) is 27.2 Å². The van der Waals surface area contributed by atoms with Gasteiger partial charge in [0.1, 0.15) is 12.4 Å². The topological polar surface area (TPSA) is 21.3 Å². The first kappa shape index (κ1) is 16.9. The van der Waals surface area contributed by atoms with E-state index in [0.717, 1.165) is 15.8 Å². The molecule has 0 saturated carbocycles. The lowest BCUT2D eigenvalue weighted by Gasteiger charge is -2.14. The Hall–Kier alpha value is -0.450. The lowest BCUT2D eigenvalue weighted by Crippen LogP contribution is -2.08. The number of hydrogen-bond acceptors (Lipinski definition) is 2. The van der Waals surface area contributed by atoms with Gasteiger partial charge in [0.05, 0.1) is 10.0 Å². The molecule has 0 atom stereocenters. The van der Waals surface area contributed by atoms with Crippen molar-refractivity contribution in [3.8, 4) is 5.75 Å². The van der Waals surface area contributed by atoms with Crippen molar-refractivity contribution in [3.05, 3.63) is 61.0 Å². The molecule has 0 spiro atoms. The zero-order chi connectivity index (χ0) is 15.4. The Morgan fingerprint density at radius 3 is 2.52 bits per heavy atom. The monoisotopic (exact) mass is 407 g/mol. The van der Waals surface area contributed by atoms with Gasteiger partial charge in [0.25, 0.3) is 0 Å². The molecule has 2 nitrogen and oxygen atoms in total. The zero-order valence-corrected chi connectivity index (χ0v) is 15.1. The molecular formula is C15H13BrCl3NO. The molecule has 0 bridgehead atoms. The smallest absolute Gasteiger partial charge is 0.124 e. The molecule has 0 unspecified atom stereocenters. The molecule has 21 heavy (non-hydrogen) atoms. The van der Waals surface area contributed by atoms with E-state index in [4.69, 9.17) is 39.5 Å². The minimum absolute atomic E-state index is 0.260. The van der Waals surface area contributed by atoms with E-state index >= 15 is 0 Å². The van der Waals surface area contributed by atoms with E-state index in [1.807, 2.05) is 25.2 Å². The van der Waals surface area contributed by atoms with Crippen molar-refractivity contribution in [2.75, 3.05) is 7.05 Å². The fourth-order valence-electron chi connectivity index (χ4n) is 1.87. The molecule has 0 aliphatic heterocycles. The Bertz CT molecular complexity index is 649. The quantitative estimate of drug-likeness (QED) is 0.639. The van der Waals surface area contributed by atoms with Crippen molar-refractivity contribution in [3.63, 3.8) is 0 Å². The molecule has 0 fully saturated rings. The maximum absolute atomic E-state index is 6.17. The Balaban J connectivity index is 2.23. The fourth-order valence-corrected chi connectivity index (χ4v) is 2.93. The number of benzene rings is 2. The summed E-state index contributed by atoms with van der Waals surface area (Å²) in [6.45, 7) is 0.961. The van der Waals surface area contributed by atoms with Crippen molar-refractivity contribution in [1.82, 2.24) is 5.32 Å². The van der Waals surface area contributed by atoms with Crippen LogP contribution in [0.3, 0.4) is 0 Å². The SMILES string of the molecule is CNCc1cc(Br)ccc1OCc1c(Cl)ccc(Cl)c1Cl. The molecule has 0 radical (unpaired) electrons. The normalized spacial score (nSPS) is 10.7. The fraction of sp³-hybridized carbons (Fsp3) is 0.200. The van der Waals surface area contributed by atoms with E-state index < -0.39 is 0 Å². The van der Waals surface area contributed by atoms with Crippen LogP contribution in [0.25, 0.3) is 0 Å². The number of ether oxygens (including phenoxy) is 1. The standard InChI is InChI=1S/C15H13BrCl3NO/c1-20-7-9-6-10(16)2-5-14(9)21-8-11-12(17)3-4-13(18)15(11)19/h2-6,20H,7-8H2,1H3. The second kappa shape index (κ2) is 7.70. The average molecular weight is 410 g/mol. The molecule has 0 aromatic heterocycles. The van der Waals surface area contributed by atoms with Crippen LogP contribution in [0.1, 0.15) is 11.1 Å². The summed E-state index contributed by atoms with van der Waals surface area (Å²) in [5, 5.41) is 4.54. The van der Waals surface area contributed by atoms with Gasteiger partial charge in [0.2, 0.25) is 0 Å². The minimum Gasteiger partial charge on any atom is -0.488 e. The molecule has 0 saturated heterocycles. The van der Waals surface area contributed by atoms with Crippen molar-refractivity contribution in [1.29, 1.82) is 0 Å². The zero-order valence-electron chi connectivity index (χ0n) is 11.2. The minimum atomic E-state index is 0.260. The van der Waals surface area contributed by atoms with Crippen LogP contribution >= 0.6 is 50.7 Å². The first-order valence-corrected chi connectivity index (χ1v) is 8.13. The van der Waals surface area contributed by atoms with Crippen molar-refractivity contribution >= 4 is 50.7 Å². The molecule has 0 heterocycles. The average Bonchev–Trinajstić information content (AvgIpc) is 2.45. The predicted molar refractivity (Wildman–Crippen MR) is 92.7 cm³/mol. The largest absolute Gasteiger partial charge is 0.488 e. The highest BCUT2D eigenvalue weighted by molar-refractivity contribution is 9.10. The highest BCUT2D eigenvalue weighted by Crippen LogP contribution is 2.33. The third kappa shape index (κ3) is 4.27. The molecule has 112 valence electrons. The maximum atomic E-state index is 6.17. The van der Waals surface area contributed by atoms with Gasteiger partial charge in [0, 0.05) is 27.2 Å². The molecule has 2 rings (SSSR count). The molecule has 1 N–H and O–H groups in total. The first-order valence-electron chi connectivity index (χ1n) is 6.21. The summed E-state index contributed by atoms with van der Waals surface area (Å²) in [6, 6.07) is 9.22. The van der Waals surface area contributed by atoms with Crippen LogP contribution in [-0.2, 0) is 13.2 Å². The third-order valence-electron chi connectivity index (χ3n) is 2.90. The highest BCUT2D eigenvalue weighted by atomic mass is 79.9. The van der Waals surface area contributed by atoms with Crippen LogP contribution in [0.2, 0.25) is 15.1 Å². The van der Waals surface area contributed by atoms with Gasteiger partial charge in [-0.05, 0) is 37.4 Å². The van der Waals surface area contributed by atoms with Crippen LogP contribution in [0.4, 0.5) is 0 Å². The Morgan fingerprint density at radius 2 is 1.81 bits per heavy atom. The van der Waals surface area contributed by atoms with E-state index in [1.165, 1.54) is 0 Å². The summed E-state index contributed by atoms with van der Waals surface area (Å²) in [7, 11) is 1.88. The van der Waals surface area contributed by atoms with E-state index in [-0.39, 0.29) is 6.61 Å². The number of halogens is 4. The second-order valence-corrected chi connectivity index (χ2v) is 6.50. The van der Waals surface area contributed by atoms with Crippen LogP contribution in [0, 0.1) is 0 Å². The van der Waals surface area contributed by atoms with Gasteiger partial charge in [-0.15, -0.1) is 0 Å². The van der Waals surface area contributed by atoms with Crippen molar-refractivity contribution < 1.29 is 4.74 Å². The van der Waals surface area contributed by atoms with Crippen LogP contribution in [0.15, 0.2) is 34.8 Å². The predicted octanol–water partition coefficient (Wildman–Crippen LogP) is 5.71. The molecule has 0 aliphatic rings. The van der Waals surface area contributed by atoms with Crippen LogP contribution in [-0.4, -0.2) is 7.05 Å². The van der Waals surface area contributed by atoms with Gasteiger partial charge in [-0.1, -0.05) is 50.7 Å². The molecule has 2 aromatic carbocycles. The summed E-state index contributed by atoms with van der Waals surface area (Å²) < 4.78 is 6.86. The molecule has 0 aliphatic carbocycles. The van der Waals surface area contributed by atoms with E-state index in [2.05, 4.69) is 21.2 Å². The molecule has 0 amide bonds. The Kier molecular flexibility index (Phi) is 6.20. The number of rotatable bonds is 5. The van der Waals surface area contributed by atoms with Gasteiger partial charge in [-0.25, -0.2) is 0 Å². The number of hydrogen-bond donors (Lipinski definition) is 1. The van der Waals surface area contributed by atoms with Gasteiger partial charge in [-0.2, -0.15) is 0 Å². The van der Waals surface area contributed by atoms with Gasteiger partial charge < -0.3 is 10.1 Å². The molecule has 2 aromatic rings. The van der Waals surface area contributed by atoms with Gasteiger partial charge in [-0.3, -0.25) is 0 Å². The summed E-state index contributed by atoms with van der Waals surface area (Å²) in [5.74, 6) is 0.777. The van der Waals surface area contributed by atoms with Crippen molar-refractivity contribution in [2.24, 2.45) is 0 Å². The van der Waals surface area contributed by atoms with E-state index in [9.17, 15) is 0 Å². The molecular weight excluding hydrogens is 396 g/mol. The Morgan fingerprint density at radius 1 is 1.10 bits per heavy atom. The summed E-state index contributed by atoms with van der Waals surface area (Å²) in [5.41, 5.74) is 1.73.